The fourth-order valence-corrected chi connectivity index (χ4v) is 3.81. The third-order valence-corrected chi connectivity index (χ3v) is 5.42. The predicted octanol–water partition coefficient (Wildman–Crippen LogP) is 5.57. The summed E-state index contributed by atoms with van der Waals surface area (Å²) in [6.07, 6.45) is 0. The van der Waals surface area contributed by atoms with Crippen molar-refractivity contribution >= 4 is 50.6 Å². The van der Waals surface area contributed by atoms with E-state index in [2.05, 4.69) is 36.4 Å². The number of halogens is 1. The van der Waals surface area contributed by atoms with E-state index >= 15 is 0 Å². The standard InChI is InChI=1S/C18H14BrN5OS2/c1-25-15-5-3-2-4-14(15)24-16(22-23-18(24)26)21-17-20-13(10-27-17)11-6-8-12(19)9-7-11/h2-10H,1H3,(H,23,26)(H,20,21,22). The molecule has 4 rings (SSSR count). The first-order valence-electron chi connectivity index (χ1n) is 7.95. The quantitative estimate of drug-likeness (QED) is 0.382. The molecule has 0 atom stereocenters. The van der Waals surface area contributed by atoms with E-state index in [1.54, 1.807) is 11.7 Å². The Morgan fingerprint density at radius 3 is 2.74 bits per heavy atom. The van der Waals surface area contributed by atoms with Crippen molar-refractivity contribution in [3.63, 3.8) is 0 Å². The number of methoxy groups -OCH3 is 1. The molecule has 0 aliphatic carbocycles. The highest BCUT2D eigenvalue weighted by atomic mass is 79.9. The first kappa shape index (κ1) is 17.9. The van der Waals surface area contributed by atoms with Gasteiger partial charge in [0.25, 0.3) is 0 Å². The second-order valence-corrected chi connectivity index (χ2v) is 7.69. The Labute approximate surface area is 173 Å². The lowest BCUT2D eigenvalue weighted by Gasteiger charge is -2.11. The second-order valence-electron chi connectivity index (χ2n) is 5.53. The van der Waals surface area contributed by atoms with Gasteiger partial charge in [0.1, 0.15) is 5.75 Å². The number of para-hydroxylation sites is 2. The molecule has 4 aromatic rings. The molecule has 0 fully saturated rings. The van der Waals surface area contributed by atoms with Crippen LogP contribution in [0.5, 0.6) is 5.75 Å². The van der Waals surface area contributed by atoms with Gasteiger partial charge in [0, 0.05) is 15.4 Å². The Kier molecular flexibility index (Phi) is 5.06. The number of anilines is 2. The second kappa shape index (κ2) is 7.63. The normalized spacial score (nSPS) is 10.7. The molecule has 0 spiro atoms. The molecule has 0 saturated heterocycles. The molecule has 0 radical (unpaired) electrons. The zero-order valence-corrected chi connectivity index (χ0v) is 17.4. The van der Waals surface area contributed by atoms with Crippen molar-refractivity contribution in [2.45, 2.75) is 0 Å². The molecule has 2 aromatic carbocycles. The Morgan fingerprint density at radius 1 is 1.19 bits per heavy atom. The summed E-state index contributed by atoms with van der Waals surface area (Å²) >= 11 is 10.3. The number of nitrogens with one attached hydrogen (secondary N) is 2. The van der Waals surface area contributed by atoms with Crippen LogP contribution >= 0.6 is 39.5 Å². The maximum Gasteiger partial charge on any atom is 0.234 e. The summed E-state index contributed by atoms with van der Waals surface area (Å²) < 4.78 is 8.73. The monoisotopic (exact) mass is 459 g/mol. The van der Waals surface area contributed by atoms with E-state index in [0.29, 0.717) is 16.5 Å². The predicted molar refractivity (Wildman–Crippen MR) is 114 cm³/mol. The highest BCUT2D eigenvalue weighted by molar-refractivity contribution is 9.10. The van der Waals surface area contributed by atoms with Gasteiger partial charge in [-0.05, 0) is 36.5 Å². The van der Waals surface area contributed by atoms with E-state index in [1.807, 2.05) is 53.9 Å². The Hall–Kier alpha value is -2.49. The molecule has 2 heterocycles. The van der Waals surface area contributed by atoms with Crippen LogP contribution in [0.1, 0.15) is 0 Å². The maximum absolute atomic E-state index is 5.45. The van der Waals surface area contributed by atoms with Crippen LogP contribution in [0.15, 0.2) is 58.4 Å². The van der Waals surface area contributed by atoms with Gasteiger partial charge >= 0.3 is 0 Å². The van der Waals surface area contributed by atoms with Crippen LogP contribution in [0.3, 0.4) is 0 Å². The minimum atomic E-state index is 0.465. The van der Waals surface area contributed by atoms with Gasteiger partial charge in [-0.15, -0.1) is 16.4 Å². The van der Waals surface area contributed by atoms with Crippen LogP contribution in [-0.4, -0.2) is 26.9 Å². The van der Waals surface area contributed by atoms with Crippen molar-refractivity contribution in [1.82, 2.24) is 19.7 Å². The molecule has 0 saturated carbocycles. The van der Waals surface area contributed by atoms with Gasteiger partial charge in [-0.1, -0.05) is 40.2 Å². The Balaban J connectivity index is 1.67. The molecule has 6 nitrogen and oxygen atoms in total. The maximum atomic E-state index is 5.45. The number of rotatable bonds is 5. The summed E-state index contributed by atoms with van der Waals surface area (Å²) in [6.45, 7) is 0. The topological polar surface area (TPSA) is 67.8 Å². The number of aromatic nitrogens is 4. The van der Waals surface area contributed by atoms with Gasteiger partial charge < -0.3 is 4.74 Å². The van der Waals surface area contributed by atoms with Crippen LogP contribution in [0.4, 0.5) is 11.1 Å². The smallest absolute Gasteiger partial charge is 0.234 e. The van der Waals surface area contributed by atoms with E-state index in [-0.39, 0.29) is 0 Å². The van der Waals surface area contributed by atoms with Crippen molar-refractivity contribution in [2.24, 2.45) is 0 Å². The summed E-state index contributed by atoms with van der Waals surface area (Å²) in [5, 5.41) is 13.1. The average Bonchev–Trinajstić information content (AvgIpc) is 3.29. The molecule has 27 heavy (non-hydrogen) atoms. The van der Waals surface area contributed by atoms with Crippen molar-refractivity contribution in [2.75, 3.05) is 12.4 Å². The number of hydrogen-bond acceptors (Lipinski definition) is 6. The number of thiazole rings is 1. The highest BCUT2D eigenvalue weighted by Crippen LogP contribution is 2.30. The lowest BCUT2D eigenvalue weighted by atomic mass is 10.2. The number of hydrogen-bond donors (Lipinski definition) is 2. The zero-order chi connectivity index (χ0) is 18.8. The van der Waals surface area contributed by atoms with Crippen molar-refractivity contribution < 1.29 is 4.74 Å². The minimum Gasteiger partial charge on any atom is -0.495 e. The summed E-state index contributed by atoms with van der Waals surface area (Å²) in [5.74, 6) is 1.24. The van der Waals surface area contributed by atoms with Crippen molar-refractivity contribution in [1.29, 1.82) is 0 Å². The highest BCUT2D eigenvalue weighted by Gasteiger charge is 2.14. The van der Waals surface area contributed by atoms with E-state index in [0.717, 1.165) is 26.5 Å². The summed E-state index contributed by atoms with van der Waals surface area (Å²) in [6, 6.07) is 15.7. The summed E-state index contributed by atoms with van der Waals surface area (Å²) in [4.78, 5) is 4.65. The van der Waals surface area contributed by atoms with Crippen LogP contribution in [0, 0.1) is 4.77 Å². The molecule has 0 unspecified atom stereocenters. The molecular weight excluding hydrogens is 446 g/mol. The lowest BCUT2D eigenvalue weighted by Crippen LogP contribution is -2.03. The average molecular weight is 460 g/mol. The number of ether oxygens (including phenoxy) is 1. The van der Waals surface area contributed by atoms with Crippen molar-refractivity contribution in [3.05, 3.63) is 63.2 Å². The first-order chi connectivity index (χ1) is 13.2. The molecule has 9 heteroatoms. The fraction of sp³-hybridized carbons (Fsp3) is 0.0556. The SMILES string of the molecule is COc1ccccc1-n1c(Nc2nc(-c3ccc(Br)cc3)cs2)n[nH]c1=S. The molecule has 0 amide bonds. The van der Waals surface area contributed by atoms with Gasteiger partial charge in [0.2, 0.25) is 10.7 Å². The largest absolute Gasteiger partial charge is 0.495 e. The van der Waals surface area contributed by atoms with Gasteiger partial charge in [-0.3, -0.25) is 9.88 Å². The minimum absolute atomic E-state index is 0.465. The number of aromatic amines is 1. The van der Waals surface area contributed by atoms with Crippen LogP contribution in [-0.2, 0) is 0 Å². The zero-order valence-electron chi connectivity index (χ0n) is 14.1. The number of benzene rings is 2. The molecule has 2 N–H and O–H groups in total. The van der Waals surface area contributed by atoms with Crippen LogP contribution in [0.2, 0.25) is 0 Å². The van der Waals surface area contributed by atoms with Crippen LogP contribution in [0.25, 0.3) is 16.9 Å². The number of H-pyrrole nitrogens is 1. The lowest BCUT2D eigenvalue weighted by molar-refractivity contribution is 0.413. The molecule has 0 aliphatic rings. The van der Waals surface area contributed by atoms with Crippen LogP contribution < -0.4 is 10.1 Å². The third kappa shape index (κ3) is 3.66. The molecule has 2 aromatic heterocycles. The Morgan fingerprint density at radius 2 is 1.96 bits per heavy atom. The molecule has 0 bridgehead atoms. The van der Waals surface area contributed by atoms with Crippen molar-refractivity contribution in [3.8, 4) is 22.7 Å². The van der Waals surface area contributed by atoms with E-state index in [9.17, 15) is 0 Å². The third-order valence-electron chi connectivity index (χ3n) is 3.86. The first-order valence-corrected chi connectivity index (χ1v) is 10.0. The van der Waals surface area contributed by atoms with E-state index < -0.39 is 0 Å². The van der Waals surface area contributed by atoms with Gasteiger partial charge in [-0.2, -0.15) is 0 Å². The fourth-order valence-electron chi connectivity index (χ4n) is 2.60. The van der Waals surface area contributed by atoms with Gasteiger partial charge in [0.15, 0.2) is 5.13 Å². The summed E-state index contributed by atoms with van der Waals surface area (Å²) in [7, 11) is 1.63. The van der Waals surface area contributed by atoms with E-state index in [1.165, 1.54) is 11.3 Å². The molecular formula is C18H14BrN5OS2. The molecule has 0 aliphatic heterocycles. The molecule has 136 valence electrons. The van der Waals surface area contributed by atoms with Gasteiger partial charge in [-0.25, -0.2) is 10.1 Å². The number of nitrogens with zero attached hydrogens (tertiary/aromatic N) is 3. The van der Waals surface area contributed by atoms with Gasteiger partial charge in [0.05, 0.1) is 18.5 Å². The Bertz CT molecular complexity index is 1130. The van der Waals surface area contributed by atoms with E-state index in [4.69, 9.17) is 17.0 Å². The summed E-state index contributed by atoms with van der Waals surface area (Å²) in [5.41, 5.74) is 2.74.